The van der Waals surface area contributed by atoms with Crippen LogP contribution in [0.15, 0.2) is 18.2 Å². The van der Waals surface area contributed by atoms with Gasteiger partial charge in [0.1, 0.15) is 5.75 Å². The largest absolute Gasteiger partial charge is 0.491 e. The predicted octanol–water partition coefficient (Wildman–Crippen LogP) is 2.19. The molecule has 20 heavy (non-hydrogen) atoms. The van der Waals surface area contributed by atoms with Gasteiger partial charge in [-0.15, -0.1) is 0 Å². The highest BCUT2D eigenvalue weighted by Crippen LogP contribution is 2.33. The molecule has 1 aliphatic heterocycles. The van der Waals surface area contributed by atoms with Crippen LogP contribution in [-0.2, 0) is 11.0 Å². The van der Waals surface area contributed by atoms with E-state index >= 15 is 0 Å². The summed E-state index contributed by atoms with van der Waals surface area (Å²) in [7, 11) is 0. The Morgan fingerprint density at radius 1 is 1.40 bits per heavy atom. The summed E-state index contributed by atoms with van der Waals surface area (Å²) >= 11 is 0. The molecule has 0 radical (unpaired) electrons. The second-order valence-electron chi connectivity index (χ2n) is 4.77. The highest BCUT2D eigenvalue weighted by Gasteiger charge is 2.31. The van der Waals surface area contributed by atoms with Crippen LogP contribution in [0.5, 0.6) is 5.75 Å². The van der Waals surface area contributed by atoms with E-state index in [9.17, 15) is 18.0 Å². The molecule has 3 N–H and O–H groups in total. The third-order valence-corrected chi connectivity index (χ3v) is 3.16. The second-order valence-corrected chi connectivity index (χ2v) is 4.77. The van der Waals surface area contributed by atoms with Crippen molar-refractivity contribution in [3.63, 3.8) is 0 Å². The highest BCUT2D eigenvalue weighted by atomic mass is 19.4. The van der Waals surface area contributed by atoms with Crippen molar-refractivity contribution in [2.24, 2.45) is 5.92 Å². The first-order valence-corrected chi connectivity index (χ1v) is 6.22. The smallest absolute Gasteiger partial charge is 0.416 e. The number of hydrogen-bond acceptors (Lipinski definition) is 3. The molecular formula is C13H15F3N2O2. The number of carbonyl (C=O) groups is 1. The van der Waals surface area contributed by atoms with E-state index in [4.69, 9.17) is 10.5 Å². The number of piperidine rings is 1. The lowest BCUT2D eigenvalue weighted by Gasteiger charge is -2.22. The van der Waals surface area contributed by atoms with Gasteiger partial charge in [-0.1, -0.05) is 0 Å². The molecule has 0 aliphatic carbocycles. The molecule has 1 saturated heterocycles. The van der Waals surface area contributed by atoms with E-state index in [-0.39, 0.29) is 29.9 Å². The number of rotatable bonds is 3. The van der Waals surface area contributed by atoms with Crippen LogP contribution in [0.2, 0.25) is 0 Å². The van der Waals surface area contributed by atoms with Crippen molar-refractivity contribution in [2.75, 3.05) is 18.9 Å². The minimum atomic E-state index is -4.42. The van der Waals surface area contributed by atoms with Crippen molar-refractivity contribution >= 4 is 11.6 Å². The first-order valence-electron chi connectivity index (χ1n) is 6.22. The van der Waals surface area contributed by atoms with Crippen molar-refractivity contribution in [3.8, 4) is 5.75 Å². The van der Waals surface area contributed by atoms with E-state index in [1.165, 1.54) is 6.07 Å². The minimum absolute atomic E-state index is 0.0368. The van der Waals surface area contributed by atoms with Crippen LogP contribution in [0.3, 0.4) is 0 Å². The molecule has 0 bridgehead atoms. The third-order valence-electron chi connectivity index (χ3n) is 3.16. The molecule has 1 atom stereocenters. The van der Waals surface area contributed by atoms with Gasteiger partial charge >= 0.3 is 6.18 Å². The maximum absolute atomic E-state index is 12.5. The Morgan fingerprint density at radius 3 is 2.75 bits per heavy atom. The lowest BCUT2D eigenvalue weighted by Crippen LogP contribution is -2.35. The Kier molecular flexibility index (Phi) is 4.06. The van der Waals surface area contributed by atoms with Gasteiger partial charge in [-0.3, -0.25) is 4.79 Å². The fourth-order valence-corrected chi connectivity index (χ4v) is 2.06. The van der Waals surface area contributed by atoms with Crippen LogP contribution < -0.4 is 15.8 Å². The summed E-state index contributed by atoms with van der Waals surface area (Å²) in [5, 5.41) is 2.70. The van der Waals surface area contributed by atoms with E-state index in [0.717, 1.165) is 18.6 Å². The number of nitrogens with two attached hydrogens (primary N) is 1. The number of benzene rings is 1. The Bertz CT molecular complexity index is 503. The summed E-state index contributed by atoms with van der Waals surface area (Å²) in [6, 6.07) is 2.99. The van der Waals surface area contributed by atoms with Gasteiger partial charge in [0.15, 0.2) is 0 Å². The van der Waals surface area contributed by atoms with Crippen molar-refractivity contribution in [1.82, 2.24) is 5.32 Å². The fourth-order valence-electron chi connectivity index (χ4n) is 2.06. The number of anilines is 1. The van der Waals surface area contributed by atoms with Gasteiger partial charge in [0.05, 0.1) is 17.9 Å². The number of halogens is 3. The Hall–Kier alpha value is -1.92. The number of amides is 1. The molecule has 1 heterocycles. The van der Waals surface area contributed by atoms with Crippen molar-refractivity contribution in [2.45, 2.75) is 19.0 Å². The molecule has 1 amide bonds. The lowest BCUT2D eigenvalue weighted by atomic mass is 9.99. The van der Waals surface area contributed by atoms with Crippen LogP contribution in [0, 0.1) is 5.92 Å². The third kappa shape index (κ3) is 3.55. The first kappa shape index (κ1) is 14.5. The standard InChI is InChI=1S/C13H15F3N2O2/c14-13(15,16)9-1-2-11(10(17)6-9)20-7-8-3-4-18-12(19)5-8/h1-2,6,8H,3-5,7,17H2,(H,18,19). The van der Waals surface area contributed by atoms with E-state index in [1.54, 1.807) is 0 Å². The number of nitrogens with one attached hydrogen (secondary N) is 1. The normalized spacial score (nSPS) is 19.6. The number of alkyl halides is 3. The van der Waals surface area contributed by atoms with E-state index in [1.807, 2.05) is 0 Å². The lowest BCUT2D eigenvalue weighted by molar-refractivity contribution is -0.137. The van der Waals surface area contributed by atoms with Gasteiger partial charge in [0, 0.05) is 18.9 Å². The van der Waals surface area contributed by atoms with E-state index < -0.39 is 11.7 Å². The van der Waals surface area contributed by atoms with E-state index in [0.29, 0.717) is 13.0 Å². The minimum Gasteiger partial charge on any atom is -0.491 e. The molecule has 2 rings (SSSR count). The zero-order chi connectivity index (χ0) is 14.8. The molecular weight excluding hydrogens is 273 g/mol. The quantitative estimate of drug-likeness (QED) is 0.838. The Balaban J connectivity index is 1.98. The van der Waals surface area contributed by atoms with Gasteiger partial charge in [-0.05, 0) is 24.6 Å². The Labute approximate surface area is 114 Å². The average Bonchev–Trinajstić information content (AvgIpc) is 2.36. The van der Waals surface area contributed by atoms with Crippen molar-refractivity contribution < 1.29 is 22.7 Å². The molecule has 0 aromatic heterocycles. The summed E-state index contributed by atoms with van der Waals surface area (Å²) in [5.41, 5.74) is 4.70. The average molecular weight is 288 g/mol. The van der Waals surface area contributed by atoms with Crippen molar-refractivity contribution in [3.05, 3.63) is 23.8 Å². The van der Waals surface area contributed by atoms with Crippen LogP contribution in [0.4, 0.5) is 18.9 Å². The molecule has 1 fully saturated rings. The summed E-state index contributed by atoms with van der Waals surface area (Å²) in [5.74, 6) is 0.236. The van der Waals surface area contributed by atoms with Gasteiger partial charge in [-0.25, -0.2) is 0 Å². The van der Waals surface area contributed by atoms with E-state index in [2.05, 4.69) is 5.32 Å². The topological polar surface area (TPSA) is 64.3 Å². The van der Waals surface area contributed by atoms with Crippen molar-refractivity contribution in [1.29, 1.82) is 0 Å². The van der Waals surface area contributed by atoms with Gasteiger partial charge < -0.3 is 15.8 Å². The fraction of sp³-hybridized carbons (Fsp3) is 0.462. The molecule has 1 aromatic rings. The monoisotopic (exact) mass is 288 g/mol. The molecule has 4 nitrogen and oxygen atoms in total. The van der Waals surface area contributed by atoms with Crippen LogP contribution >= 0.6 is 0 Å². The number of nitrogen functional groups attached to an aromatic ring is 1. The molecule has 7 heteroatoms. The zero-order valence-electron chi connectivity index (χ0n) is 10.7. The first-order chi connectivity index (χ1) is 9.36. The maximum atomic E-state index is 12.5. The van der Waals surface area contributed by atoms with Crippen LogP contribution in [-0.4, -0.2) is 19.1 Å². The molecule has 110 valence electrons. The molecule has 0 spiro atoms. The Morgan fingerprint density at radius 2 is 2.15 bits per heavy atom. The predicted molar refractivity (Wildman–Crippen MR) is 67.1 cm³/mol. The number of ether oxygens (including phenoxy) is 1. The van der Waals surface area contributed by atoms with Gasteiger partial charge in [0.2, 0.25) is 5.91 Å². The summed E-state index contributed by atoms with van der Waals surface area (Å²) in [4.78, 5) is 11.2. The SMILES string of the molecule is Nc1cc(C(F)(F)F)ccc1OCC1CCNC(=O)C1. The van der Waals surface area contributed by atoms with Gasteiger partial charge in [-0.2, -0.15) is 13.2 Å². The molecule has 0 saturated carbocycles. The molecule has 1 aliphatic rings. The van der Waals surface area contributed by atoms with Crippen LogP contribution in [0.25, 0.3) is 0 Å². The highest BCUT2D eigenvalue weighted by molar-refractivity contribution is 5.76. The number of carbonyl (C=O) groups excluding carboxylic acids is 1. The summed E-state index contributed by atoms with van der Waals surface area (Å²) in [6.07, 6.45) is -3.28. The maximum Gasteiger partial charge on any atom is 0.416 e. The zero-order valence-corrected chi connectivity index (χ0v) is 10.7. The summed E-state index contributed by atoms with van der Waals surface area (Å²) in [6.45, 7) is 0.859. The summed E-state index contributed by atoms with van der Waals surface area (Å²) < 4.78 is 42.9. The molecule has 1 unspecified atom stereocenters. The second kappa shape index (κ2) is 5.60. The molecule has 1 aromatic carbocycles. The van der Waals surface area contributed by atoms with Gasteiger partial charge in [0.25, 0.3) is 0 Å². The van der Waals surface area contributed by atoms with Crippen LogP contribution in [0.1, 0.15) is 18.4 Å². The number of hydrogen-bond donors (Lipinski definition) is 2.